The number of thiophene rings is 1. The average Bonchev–Trinajstić information content (AvgIpc) is 3.02. The van der Waals surface area contributed by atoms with Gasteiger partial charge < -0.3 is 15.0 Å². The summed E-state index contributed by atoms with van der Waals surface area (Å²) in [4.78, 5) is 15.1. The number of nitrogens with one attached hydrogen (secondary N) is 1. The third-order valence-electron chi connectivity index (χ3n) is 3.23. The van der Waals surface area contributed by atoms with E-state index in [4.69, 9.17) is 4.74 Å². The molecular weight excluding hydrogens is 296 g/mol. The van der Waals surface area contributed by atoms with Gasteiger partial charge in [-0.1, -0.05) is 18.2 Å². The summed E-state index contributed by atoms with van der Waals surface area (Å²) in [6.07, 6.45) is 0. The van der Waals surface area contributed by atoms with Crippen molar-refractivity contribution in [1.29, 1.82) is 0 Å². The Kier molecular flexibility index (Phi) is 6.27. The number of aryl methyl sites for hydroxylation is 1. The zero-order valence-corrected chi connectivity index (χ0v) is 13.9. The maximum Gasteiger partial charge on any atom is 0.317 e. The molecule has 0 spiro atoms. The molecule has 1 N–H and O–H groups in total. The van der Waals surface area contributed by atoms with Crippen molar-refractivity contribution in [2.45, 2.75) is 20.4 Å². The second-order valence-electron chi connectivity index (χ2n) is 4.99. The molecule has 2 rings (SSSR count). The molecule has 0 aliphatic carbocycles. The van der Waals surface area contributed by atoms with E-state index in [1.807, 2.05) is 55.6 Å². The van der Waals surface area contributed by atoms with Crippen LogP contribution in [0.3, 0.4) is 0 Å². The lowest BCUT2D eigenvalue weighted by molar-refractivity contribution is 0.195. The number of ether oxygens (including phenoxy) is 1. The maximum atomic E-state index is 12.1. The van der Waals surface area contributed by atoms with Gasteiger partial charge in [-0.15, -0.1) is 11.3 Å². The Labute approximate surface area is 135 Å². The summed E-state index contributed by atoms with van der Waals surface area (Å²) in [5.74, 6) is 0.834. The highest BCUT2D eigenvalue weighted by Crippen LogP contribution is 2.12. The summed E-state index contributed by atoms with van der Waals surface area (Å²) in [7, 11) is 0. The predicted octanol–water partition coefficient (Wildman–Crippen LogP) is 3.67. The van der Waals surface area contributed by atoms with Crippen molar-refractivity contribution in [3.05, 3.63) is 52.2 Å². The standard InChI is InChI=1S/C17H22N2O2S/c1-3-19(13-16-8-5-11-22-16)17(20)18-9-10-21-15-7-4-6-14(2)12-15/h4-8,11-12H,3,9-10,13H2,1-2H3,(H,18,20). The number of nitrogens with zero attached hydrogens (tertiary/aromatic N) is 1. The Morgan fingerprint density at radius 1 is 1.32 bits per heavy atom. The first-order valence-electron chi connectivity index (χ1n) is 7.43. The highest BCUT2D eigenvalue weighted by molar-refractivity contribution is 7.09. The zero-order valence-electron chi connectivity index (χ0n) is 13.0. The van der Waals surface area contributed by atoms with Crippen molar-refractivity contribution in [2.24, 2.45) is 0 Å². The summed E-state index contributed by atoms with van der Waals surface area (Å²) in [5.41, 5.74) is 1.16. The van der Waals surface area contributed by atoms with Crippen LogP contribution in [0, 0.1) is 6.92 Å². The Morgan fingerprint density at radius 3 is 2.86 bits per heavy atom. The molecule has 0 aliphatic heterocycles. The molecule has 0 atom stereocenters. The van der Waals surface area contributed by atoms with E-state index in [1.54, 1.807) is 16.2 Å². The highest BCUT2D eigenvalue weighted by Gasteiger charge is 2.11. The largest absolute Gasteiger partial charge is 0.492 e. The molecule has 2 amide bonds. The highest BCUT2D eigenvalue weighted by atomic mass is 32.1. The van der Waals surface area contributed by atoms with Crippen molar-refractivity contribution < 1.29 is 9.53 Å². The van der Waals surface area contributed by atoms with Gasteiger partial charge in [-0.05, 0) is 43.0 Å². The van der Waals surface area contributed by atoms with Crippen LogP contribution in [0.25, 0.3) is 0 Å². The first kappa shape index (κ1) is 16.4. The van der Waals surface area contributed by atoms with Crippen molar-refractivity contribution >= 4 is 17.4 Å². The van der Waals surface area contributed by atoms with E-state index < -0.39 is 0 Å². The second kappa shape index (κ2) is 8.44. The molecule has 0 saturated carbocycles. The van der Waals surface area contributed by atoms with E-state index in [2.05, 4.69) is 5.32 Å². The normalized spacial score (nSPS) is 10.3. The van der Waals surface area contributed by atoms with E-state index in [0.717, 1.165) is 11.3 Å². The Hall–Kier alpha value is -2.01. The number of carbonyl (C=O) groups is 1. The quantitative estimate of drug-likeness (QED) is 0.792. The molecule has 1 aromatic heterocycles. The van der Waals surface area contributed by atoms with Gasteiger partial charge in [0.2, 0.25) is 0 Å². The number of benzene rings is 1. The van der Waals surface area contributed by atoms with Gasteiger partial charge in [-0.25, -0.2) is 4.79 Å². The fourth-order valence-corrected chi connectivity index (χ4v) is 2.78. The van der Waals surface area contributed by atoms with Crippen molar-refractivity contribution in [3.8, 4) is 5.75 Å². The van der Waals surface area contributed by atoms with Gasteiger partial charge in [0.1, 0.15) is 12.4 Å². The molecule has 22 heavy (non-hydrogen) atoms. The number of amides is 2. The fourth-order valence-electron chi connectivity index (χ4n) is 2.06. The minimum Gasteiger partial charge on any atom is -0.492 e. The van der Waals surface area contributed by atoms with Gasteiger partial charge >= 0.3 is 6.03 Å². The number of carbonyl (C=O) groups excluding carboxylic acids is 1. The van der Waals surface area contributed by atoms with E-state index in [-0.39, 0.29) is 6.03 Å². The Morgan fingerprint density at radius 2 is 2.18 bits per heavy atom. The number of hydrogen-bond acceptors (Lipinski definition) is 3. The molecule has 1 heterocycles. The molecule has 0 aliphatic rings. The minimum absolute atomic E-state index is 0.0521. The molecule has 4 nitrogen and oxygen atoms in total. The van der Waals surface area contributed by atoms with Crippen molar-refractivity contribution in [2.75, 3.05) is 19.7 Å². The predicted molar refractivity (Wildman–Crippen MR) is 90.5 cm³/mol. The first-order valence-corrected chi connectivity index (χ1v) is 8.31. The number of hydrogen-bond donors (Lipinski definition) is 1. The van der Waals surface area contributed by atoms with Gasteiger partial charge in [0, 0.05) is 11.4 Å². The Balaban J connectivity index is 1.72. The van der Waals surface area contributed by atoms with Crippen LogP contribution in [-0.4, -0.2) is 30.6 Å². The molecule has 0 radical (unpaired) electrons. The van der Waals surface area contributed by atoms with Crippen LogP contribution in [0.5, 0.6) is 5.75 Å². The molecule has 0 fully saturated rings. The van der Waals surface area contributed by atoms with Gasteiger partial charge in [0.25, 0.3) is 0 Å². The Bertz CT molecular complexity index is 584. The molecule has 2 aromatic rings. The topological polar surface area (TPSA) is 41.6 Å². The molecule has 0 unspecified atom stereocenters. The fraction of sp³-hybridized carbons (Fsp3) is 0.353. The van der Waals surface area contributed by atoms with Crippen LogP contribution in [-0.2, 0) is 6.54 Å². The molecule has 118 valence electrons. The van der Waals surface area contributed by atoms with E-state index in [0.29, 0.717) is 26.2 Å². The molecular formula is C17H22N2O2S. The summed E-state index contributed by atoms with van der Waals surface area (Å²) in [5, 5.41) is 4.92. The number of rotatable bonds is 7. The first-order chi connectivity index (χ1) is 10.7. The molecule has 0 bridgehead atoms. The van der Waals surface area contributed by atoms with E-state index in [9.17, 15) is 4.79 Å². The third-order valence-corrected chi connectivity index (χ3v) is 4.09. The van der Waals surface area contributed by atoms with E-state index >= 15 is 0 Å². The van der Waals surface area contributed by atoms with Crippen LogP contribution in [0.1, 0.15) is 17.4 Å². The van der Waals surface area contributed by atoms with E-state index in [1.165, 1.54) is 4.88 Å². The van der Waals surface area contributed by atoms with Gasteiger partial charge in [-0.3, -0.25) is 0 Å². The van der Waals surface area contributed by atoms with Crippen LogP contribution in [0.2, 0.25) is 0 Å². The van der Waals surface area contributed by atoms with Gasteiger partial charge in [0.05, 0.1) is 13.1 Å². The lowest BCUT2D eigenvalue weighted by Crippen LogP contribution is -2.40. The maximum absolute atomic E-state index is 12.1. The lowest BCUT2D eigenvalue weighted by Gasteiger charge is -2.20. The van der Waals surface area contributed by atoms with Crippen molar-refractivity contribution in [1.82, 2.24) is 10.2 Å². The lowest BCUT2D eigenvalue weighted by atomic mass is 10.2. The minimum atomic E-state index is -0.0521. The van der Waals surface area contributed by atoms with Crippen LogP contribution in [0.15, 0.2) is 41.8 Å². The average molecular weight is 318 g/mol. The summed E-state index contributed by atoms with van der Waals surface area (Å²) >= 11 is 1.66. The molecule has 1 aromatic carbocycles. The third kappa shape index (κ3) is 5.07. The van der Waals surface area contributed by atoms with Crippen molar-refractivity contribution in [3.63, 3.8) is 0 Å². The summed E-state index contributed by atoms with van der Waals surface area (Å²) < 4.78 is 5.63. The van der Waals surface area contributed by atoms with Crippen LogP contribution < -0.4 is 10.1 Å². The SMILES string of the molecule is CCN(Cc1cccs1)C(=O)NCCOc1cccc(C)c1. The number of urea groups is 1. The zero-order chi connectivity index (χ0) is 15.8. The van der Waals surface area contributed by atoms with Gasteiger partial charge in [0.15, 0.2) is 0 Å². The molecule has 5 heteroatoms. The second-order valence-corrected chi connectivity index (χ2v) is 6.02. The summed E-state index contributed by atoms with van der Waals surface area (Å²) in [6.45, 7) is 6.30. The monoisotopic (exact) mass is 318 g/mol. The van der Waals surface area contributed by atoms with Gasteiger partial charge in [-0.2, -0.15) is 0 Å². The smallest absolute Gasteiger partial charge is 0.317 e. The summed E-state index contributed by atoms with van der Waals surface area (Å²) in [6, 6.07) is 11.9. The van der Waals surface area contributed by atoms with Crippen LogP contribution in [0.4, 0.5) is 4.79 Å². The molecule has 0 saturated heterocycles. The van der Waals surface area contributed by atoms with Crippen LogP contribution >= 0.6 is 11.3 Å².